The highest BCUT2D eigenvalue weighted by Gasteiger charge is 2.57. The van der Waals surface area contributed by atoms with Gasteiger partial charge in [-0.2, -0.15) is 0 Å². The summed E-state index contributed by atoms with van der Waals surface area (Å²) in [6, 6.07) is 0. The topological polar surface area (TPSA) is 46.5 Å². The number of ether oxygens (including phenoxy) is 1. The Morgan fingerprint density at radius 2 is 2.08 bits per heavy atom. The van der Waals surface area contributed by atoms with Crippen LogP contribution >= 0.6 is 0 Å². The molecule has 0 radical (unpaired) electrons. The summed E-state index contributed by atoms with van der Waals surface area (Å²) in [4.78, 5) is 12.6. The standard InChI is InChI=1S/C21H36O3/c1-15(11-14-22)7-9-17-16(2)8-10-18-20(17,3)12-6-13-21(18,4)19(23)24-5/h15,17-18,22H,2,6-14H2,1,3-5H3/t15-,17-,18+,20-,21+/m1/s1. The minimum atomic E-state index is -0.350. The van der Waals surface area contributed by atoms with Gasteiger partial charge in [-0.15, -0.1) is 0 Å². The molecular formula is C21H36O3. The number of methoxy groups -OCH3 is 1. The average molecular weight is 337 g/mol. The lowest BCUT2D eigenvalue weighted by molar-refractivity contribution is -0.168. The van der Waals surface area contributed by atoms with Crippen molar-refractivity contribution in [2.75, 3.05) is 13.7 Å². The first-order valence-corrected chi connectivity index (χ1v) is 9.66. The first kappa shape index (κ1) is 19.5. The van der Waals surface area contributed by atoms with Crippen molar-refractivity contribution in [1.82, 2.24) is 0 Å². The molecule has 5 atom stereocenters. The Hall–Kier alpha value is -0.830. The highest BCUT2D eigenvalue weighted by atomic mass is 16.5. The van der Waals surface area contributed by atoms with Gasteiger partial charge >= 0.3 is 5.97 Å². The Balaban J connectivity index is 2.22. The van der Waals surface area contributed by atoms with Gasteiger partial charge in [0.1, 0.15) is 0 Å². The van der Waals surface area contributed by atoms with Gasteiger partial charge in [0.25, 0.3) is 0 Å². The van der Waals surface area contributed by atoms with Gasteiger partial charge in [-0.1, -0.05) is 38.8 Å². The Bertz CT molecular complexity index is 472. The molecule has 0 saturated heterocycles. The van der Waals surface area contributed by atoms with E-state index in [1.165, 1.54) is 19.1 Å². The van der Waals surface area contributed by atoms with Crippen LogP contribution in [0.4, 0.5) is 0 Å². The van der Waals surface area contributed by atoms with Crippen LogP contribution in [0.3, 0.4) is 0 Å². The Morgan fingerprint density at radius 3 is 2.71 bits per heavy atom. The van der Waals surface area contributed by atoms with E-state index in [1.54, 1.807) is 0 Å². The smallest absolute Gasteiger partial charge is 0.311 e. The first-order valence-electron chi connectivity index (χ1n) is 9.66. The zero-order chi connectivity index (χ0) is 18.0. The summed E-state index contributed by atoms with van der Waals surface area (Å²) in [7, 11) is 1.52. The second-order valence-corrected chi connectivity index (χ2v) is 8.77. The van der Waals surface area contributed by atoms with Gasteiger partial charge in [0.15, 0.2) is 0 Å². The Kier molecular flexibility index (Phi) is 6.17. The SMILES string of the molecule is C=C1CC[C@H]2[C@](C)(CCC[C@]2(C)C(=O)OC)[C@@H]1CC[C@@H](C)CCO. The molecule has 2 aliphatic carbocycles. The van der Waals surface area contributed by atoms with Crippen molar-refractivity contribution in [3.63, 3.8) is 0 Å². The fourth-order valence-corrected chi connectivity index (χ4v) is 5.78. The molecular weight excluding hydrogens is 300 g/mol. The number of allylic oxidation sites excluding steroid dienone is 1. The summed E-state index contributed by atoms with van der Waals surface area (Å²) in [6.45, 7) is 11.4. The second-order valence-electron chi connectivity index (χ2n) is 8.77. The maximum Gasteiger partial charge on any atom is 0.311 e. The van der Waals surface area contributed by atoms with Crippen molar-refractivity contribution in [3.8, 4) is 0 Å². The minimum Gasteiger partial charge on any atom is -0.469 e. The van der Waals surface area contributed by atoms with E-state index >= 15 is 0 Å². The lowest BCUT2D eigenvalue weighted by Gasteiger charge is -2.57. The van der Waals surface area contributed by atoms with Gasteiger partial charge in [-0.05, 0) is 68.6 Å². The molecule has 2 saturated carbocycles. The molecule has 3 nitrogen and oxygen atoms in total. The number of hydrogen-bond donors (Lipinski definition) is 1. The van der Waals surface area contributed by atoms with Crippen LogP contribution in [0.25, 0.3) is 0 Å². The number of aliphatic hydroxyl groups excluding tert-OH is 1. The predicted molar refractivity (Wildman–Crippen MR) is 97.5 cm³/mol. The molecule has 2 rings (SSSR count). The molecule has 2 aliphatic rings. The predicted octanol–water partition coefficient (Wildman–Crippen LogP) is 4.74. The van der Waals surface area contributed by atoms with Crippen molar-refractivity contribution in [2.45, 2.75) is 72.1 Å². The molecule has 24 heavy (non-hydrogen) atoms. The Labute approximate surface area is 147 Å². The zero-order valence-corrected chi connectivity index (χ0v) is 16.1. The van der Waals surface area contributed by atoms with E-state index in [0.717, 1.165) is 44.9 Å². The third-order valence-corrected chi connectivity index (χ3v) is 7.24. The van der Waals surface area contributed by atoms with Crippen molar-refractivity contribution in [2.24, 2.45) is 28.6 Å². The fourth-order valence-electron chi connectivity index (χ4n) is 5.78. The van der Waals surface area contributed by atoms with E-state index in [1.807, 2.05) is 0 Å². The number of aliphatic hydroxyl groups is 1. The van der Waals surface area contributed by atoms with Crippen LogP contribution in [0.2, 0.25) is 0 Å². The summed E-state index contributed by atoms with van der Waals surface area (Å²) in [5.41, 5.74) is 1.17. The molecule has 1 N–H and O–H groups in total. The normalized spacial score (nSPS) is 37.6. The molecule has 0 unspecified atom stereocenters. The van der Waals surface area contributed by atoms with Crippen LogP contribution in [0.15, 0.2) is 12.2 Å². The summed E-state index contributed by atoms with van der Waals surface area (Å²) in [5, 5.41) is 9.15. The third kappa shape index (κ3) is 3.42. The summed E-state index contributed by atoms with van der Waals surface area (Å²) >= 11 is 0. The van der Waals surface area contributed by atoms with E-state index in [-0.39, 0.29) is 23.4 Å². The monoisotopic (exact) mass is 336 g/mol. The van der Waals surface area contributed by atoms with Gasteiger partial charge in [-0.3, -0.25) is 4.79 Å². The maximum absolute atomic E-state index is 12.6. The molecule has 0 amide bonds. The van der Waals surface area contributed by atoms with E-state index in [4.69, 9.17) is 9.84 Å². The number of hydrogen-bond acceptors (Lipinski definition) is 3. The summed E-state index contributed by atoms with van der Waals surface area (Å²) < 4.78 is 5.19. The molecule has 3 heteroatoms. The maximum atomic E-state index is 12.6. The number of carbonyl (C=O) groups is 1. The van der Waals surface area contributed by atoms with Gasteiger partial charge in [0.2, 0.25) is 0 Å². The molecule has 0 aromatic carbocycles. The van der Waals surface area contributed by atoms with Crippen molar-refractivity contribution in [3.05, 3.63) is 12.2 Å². The third-order valence-electron chi connectivity index (χ3n) is 7.24. The summed E-state index contributed by atoms with van der Waals surface area (Å²) in [5.74, 6) is 1.39. The average Bonchev–Trinajstić information content (AvgIpc) is 2.53. The van der Waals surface area contributed by atoms with Gasteiger partial charge < -0.3 is 9.84 Å². The van der Waals surface area contributed by atoms with Crippen LogP contribution in [-0.2, 0) is 9.53 Å². The van der Waals surface area contributed by atoms with Gasteiger partial charge in [0, 0.05) is 6.61 Å². The van der Waals surface area contributed by atoms with Crippen LogP contribution in [0.1, 0.15) is 72.1 Å². The molecule has 0 spiro atoms. The van der Waals surface area contributed by atoms with E-state index < -0.39 is 0 Å². The number of carbonyl (C=O) groups excluding carboxylic acids is 1. The quantitative estimate of drug-likeness (QED) is 0.563. The van der Waals surface area contributed by atoms with Gasteiger partial charge in [0.05, 0.1) is 12.5 Å². The van der Waals surface area contributed by atoms with Gasteiger partial charge in [-0.25, -0.2) is 0 Å². The summed E-state index contributed by atoms with van der Waals surface area (Å²) in [6.07, 6.45) is 8.44. The van der Waals surface area contributed by atoms with Crippen molar-refractivity contribution < 1.29 is 14.6 Å². The van der Waals surface area contributed by atoms with Crippen LogP contribution in [0, 0.1) is 28.6 Å². The zero-order valence-electron chi connectivity index (χ0n) is 16.1. The van der Waals surface area contributed by atoms with Crippen LogP contribution < -0.4 is 0 Å². The Morgan fingerprint density at radius 1 is 1.38 bits per heavy atom. The van der Waals surface area contributed by atoms with E-state index in [0.29, 0.717) is 17.8 Å². The molecule has 0 aromatic rings. The number of esters is 1. The molecule has 0 aromatic heterocycles. The van der Waals surface area contributed by atoms with Crippen LogP contribution in [-0.4, -0.2) is 24.8 Å². The van der Waals surface area contributed by atoms with Crippen molar-refractivity contribution in [1.29, 1.82) is 0 Å². The molecule has 138 valence electrons. The first-order chi connectivity index (χ1) is 11.3. The van der Waals surface area contributed by atoms with E-state index in [9.17, 15) is 4.79 Å². The highest BCUT2D eigenvalue weighted by molar-refractivity contribution is 5.77. The van der Waals surface area contributed by atoms with E-state index in [2.05, 4.69) is 27.4 Å². The molecule has 0 bridgehead atoms. The van der Waals surface area contributed by atoms with Crippen LogP contribution in [0.5, 0.6) is 0 Å². The molecule has 0 heterocycles. The lowest BCUT2D eigenvalue weighted by atomic mass is 9.46. The second kappa shape index (κ2) is 7.59. The fraction of sp³-hybridized carbons (Fsp3) is 0.857. The lowest BCUT2D eigenvalue weighted by Crippen LogP contribution is -2.53. The number of fused-ring (bicyclic) bond motifs is 1. The molecule has 2 fully saturated rings. The minimum absolute atomic E-state index is 0.0293. The largest absolute Gasteiger partial charge is 0.469 e. The molecule has 0 aliphatic heterocycles. The number of rotatable bonds is 6. The highest BCUT2D eigenvalue weighted by Crippen LogP contribution is 2.62. The van der Waals surface area contributed by atoms with Crippen molar-refractivity contribution >= 4 is 5.97 Å².